The fourth-order valence-corrected chi connectivity index (χ4v) is 2.47. The van der Waals surface area contributed by atoms with Crippen molar-refractivity contribution in [3.8, 4) is 0 Å². The highest BCUT2D eigenvalue weighted by Crippen LogP contribution is 2.25. The molecule has 4 heteroatoms. The summed E-state index contributed by atoms with van der Waals surface area (Å²) in [5, 5.41) is 9.04. The van der Waals surface area contributed by atoms with Crippen molar-refractivity contribution >= 4 is 5.97 Å². The summed E-state index contributed by atoms with van der Waals surface area (Å²) < 4.78 is 0. The third-order valence-corrected chi connectivity index (χ3v) is 4.00. The molecule has 1 rings (SSSR count). The molecule has 0 radical (unpaired) electrons. The minimum Gasteiger partial charge on any atom is -0.481 e. The first-order valence-electron chi connectivity index (χ1n) is 6.16. The molecule has 3 N–H and O–H groups in total. The van der Waals surface area contributed by atoms with Gasteiger partial charge >= 0.3 is 5.97 Å². The number of aliphatic carboxylic acids is 1. The molecule has 0 spiro atoms. The Morgan fingerprint density at radius 1 is 1.50 bits per heavy atom. The molecule has 16 heavy (non-hydrogen) atoms. The minimum atomic E-state index is -0.713. The maximum absolute atomic E-state index is 11.0. The molecule has 4 nitrogen and oxygen atoms in total. The molecule has 4 unspecified atom stereocenters. The van der Waals surface area contributed by atoms with Crippen molar-refractivity contribution in [2.45, 2.75) is 45.7 Å². The Morgan fingerprint density at radius 2 is 2.12 bits per heavy atom. The van der Waals surface area contributed by atoms with E-state index in [1.807, 2.05) is 6.92 Å². The summed E-state index contributed by atoms with van der Waals surface area (Å²) in [6.07, 6.45) is 2.29. The number of hydrogen-bond donors (Lipinski definition) is 2. The molecule has 0 bridgehead atoms. The summed E-state index contributed by atoms with van der Waals surface area (Å²) in [4.78, 5) is 13.3. The second-order valence-electron chi connectivity index (χ2n) is 5.09. The third kappa shape index (κ3) is 2.95. The zero-order valence-electron chi connectivity index (χ0n) is 10.5. The van der Waals surface area contributed by atoms with E-state index in [2.05, 4.69) is 11.8 Å². The number of carbonyl (C=O) groups is 1. The van der Waals surface area contributed by atoms with Gasteiger partial charge in [-0.1, -0.05) is 6.92 Å². The van der Waals surface area contributed by atoms with Crippen LogP contribution in [0.2, 0.25) is 0 Å². The van der Waals surface area contributed by atoms with Gasteiger partial charge in [0, 0.05) is 18.6 Å². The number of hydrogen-bond acceptors (Lipinski definition) is 3. The summed E-state index contributed by atoms with van der Waals surface area (Å²) in [7, 11) is 0. The van der Waals surface area contributed by atoms with Gasteiger partial charge in [0.2, 0.25) is 0 Å². The quantitative estimate of drug-likeness (QED) is 0.757. The molecule has 1 aliphatic rings. The number of nitrogens with zero attached hydrogens (tertiary/aromatic N) is 1. The van der Waals surface area contributed by atoms with Gasteiger partial charge in [0.05, 0.1) is 5.92 Å². The molecule has 0 aromatic heterocycles. The van der Waals surface area contributed by atoms with E-state index in [1.165, 1.54) is 6.42 Å². The fraction of sp³-hybridized carbons (Fsp3) is 0.917. The first-order chi connectivity index (χ1) is 7.47. The van der Waals surface area contributed by atoms with Crippen LogP contribution in [0, 0.1) is 11.8 Å². The molecule has 1 aliphatic heterocycles. The Labute approximate surface area is 97.8 Å². The molecule has 0 aromatic carbocycles. The van der Waals surface area contributed by atoms with Crippen LogP contribution in [-0.2, 0) is 4.79 Å². The predicted octanol–water partition coefficient (Wildman–Crippen LogP) is 1.15. The van der Waals surface area contributed by atoms with Crippen LogP contribution in [0.3, 0.4) is 0 Å². The molecule has 1 saturated heterocycles. The fourth-order valence-electron chi connectivity index (χ4n) is 2.47. The van der Waals surface area contributed by atoms with E-state index >= 15 is 0 Å². The molecule has 0 saturated carbocycles. The Kier molecular flexibility index (Phi) is 4.74. The summed E-state index contributed by atoms with van der Waals surface area (Å²) in [5.41, 5.74) is 5.70. The molecule has 4 atom stereocenters. The van der Waals surface area contributed by atoms with E-state index in [0.717, 1.165) is 13.0 Å². The number of likely N-dealkylation sites (tertiary alicyclic amines) is 1. The first kappa shape index (κ1) is 13.5. The minimum absolute atomic E-state index is 0.0850. The molecular formula is C12H24N2O2. The zero-order valence-corrected chi connectivity index (χ0v) is 10.5. The second-order valence-corrected chi connectivity index (χ2v) is 5.09. The van der Waals surface area contributed by atoms with E-state index in [-0.39, 0.29) is 12.0 Å². The van der Waals surface area contributed by atoms with Gasteiger partial charge in [-0.05, 0) is 39.2 Å². The first-order valence-corrected chi connectivity index (χ1v) is 6.16. The van der Waals surface area contributed by atoms with Gasteiger partial charge in [-0.3, -0.25) is 9.69 Å². The van der Waals surface area contributed by atoms with Gasteiger partial charge in [0.25, 0.3) is 0 Å². The highest BCUT2D eigenvalue weighted by molar-refractivity contribution is 5.70. The average Bonchev–Trinajstić information content (AvgIpc) is 2.27. The predicted molar refractivity (Wildman–Crippen MR) is 64.2 cm³/mol. The molecular weight excluding hydrogens is 204 g/mol. The summed E-state index contributed by atoms with van der Waals surface area (Å²) >= 11 is 0. The highest BCUT2D eigenvalue weighted by Gasteiger charge is 2.32. The van der Waals surface area contributed by atoms with Crippen LogP contribution < -0.4 is 5.73 Å². The van der Waals surface area contributed by atoms with Crippen molar-refractivity contribution in [1.82, 2.24) is 4.90 Å². The van der Waals surface area contributed by atoms with Crippen LogP contribution >= 0.6 is 0 Å². The SMILES string of the molecule is CC(C(=O)O)C(C)N1CC(CN)CCC1C. The van der Waals surface area contributed by atoms with Crippen molar-refractivity contribution in [2.75, 3.05) is 13.1 Å². The van der Waals surface area contributed by atoms with Crippen LogP contribution in [0.4, 0.5) is 0 Å². The van der Waals surface area contributed by atoms with E-state index in [9.17, 15) is 4.79 Å². The number of piperidine rings is 1. The van der Waals surface area contributed by atoms with Crippen LogP contribution in [0.25, 0.3) is 0 Å². The van der Waals surface area contributed by atoms with Crippen molar-refractivity contribution in [3.05, 3.63) is 0 Å². The topological polar surface area (TPSA) is 66.6 Å². The Morgan fingerprint density at radius 3 is 2.62 bits per heavy atom. The van der Waals surface area contributed by atoms with Crippen LogP contribution in [0.5, 0.6) is 0 Å². The van der Waals surface area contributed by atoms with Crippen molar-refractivity contribution < 1.29 is 9.90 Å². The van der Waals surface area contributed by atoms with Crippen molar-refractivity contribution in [2.24, 2.45) is 17.6 Å². The molecule has 0 amide bonds. The molecule has 1 heterocycles. The van der Waals surface area contributed by atoms with Crippen LogP contribution in [0.15, 0.2) is 0 Å². The second kappa shape index (κ2) is 5.64. The lowest BCUT2D eigenvalue weighted by Gasteiger charge is -2.42. The van der Waals surface area contributed by atoms with E-state index < -0.39 is 5.97 Å². The van der Waals surface area contributed by atoms with Gasteiger partial charge in [-0.25, -0.2) is 0 Å². The standard InChI is InChI=1S/C12H24N2O2/c1-8-4-5-11(6-13)7-14(8)10(3)9(2)12(15)16/h8-11H,4-7,13H2,1-3H3,(H,15,16). The number of rotatable bonds is 4. The lowest BCUT2D eigenvalue weighted by molar-refractivity contribution is -0.144. The van der Waals surface area contributed by atoms with Crippen LogP contribution in [-0.4, -0.2) is 41.1 Å². The molecule has 0 aromatic rings. The van der Waals surface area contributed by atoms with Gasteiger partial charge in [0.15, 0.2) is 0 Å². The van der Waals surface area contributed by atoms with Crippen LogP contribution in [0.1, 0.15) is 33.6 Å². The Balaban J connectivity index is 2.65. The Bertz CT molecular complexity index is 245. The maximum atomic E-state index is 11.0. The number of carboxylic acid groups (broad SMARTS) is 1. The zero-order chi connectivity index (χ0) is 12.3. The van der Waals surface area contributed by atoms with Gasteiger partial charge in [-0.15, -0.1) is 0 Å². The number of nitrogens with two attached hydrogens (primary N) is 1. The normalized spacial score (nSPS) is 31.0. The van der Waals surface area contributed by atoms with E-state index in [0.29, 0.717) is 18.5 Å². The lowest BCUT2D eigenvalue weighted by atomic mass is 9.90. The monoisotopic (exact) mass is 228 g/mol. The highest BCUT2D eigenvalue weighted by atomic mass is 16.4. The molecule has 1 fully saturated rings. The molecule has 94 valence electrons. The maximum Gasteiger partial charge on any atom is 0.307 e. The van der Waals surface area contributed by atoms with E-state index in [4.69, 9.17) is 10.8 Å². The lowest BCUT2D eigenvalue weighted by Crippen LogP contribution is -2.51. The summed E-state index contributed by atoms with van der Waals surface area (Å²) in [6, 6.07) is 0.557. The smallest absolute Gasteiger partial charge is 0.307 e. The Hall–Kier alpha value is -0.610. The van der Waals surface area contributed by atoms with Gasteiger partial charge in [0.1, 0.15) is 0 Å². The van der Waals surface area contributed by atoms with Crippen molar-refractivity contribution in [1.29, 1.82) is 0 Å². The van der Waals surface area contributed by atoms with Crippen molar-refractivity contribution in [3.63, 3.8) is 0 Å². The summed E-state index contributed by atoms with van der Waals surface area (Å²) in [5.74, 6) is -0.506. The van der Waals surface area contributed by atoms with E-state index in [1.54, 1.807) is 6.92 Å². The summed E-state index contributed by atoms with van der Waals surface area (Å²) in [6.45, 7) is 7.62. The van der Waals surface area contributed by atoms with Gasteiger partial charge in [-0.2, -0.15) is 0 Å². The molecule has 0 aliphatic carbocycles. The average molecular weight is 228 g/mol. The third-order valence-electron chi connectivity index (χ3n) is 4.00. The number of carboxylic acids is 1. The van der Waals surface area contributed by atoms with Gasteiger partial charge < -0.3 is 10.8 Å². The largest absolute Gasteiger partial charge is 0.481 e.